The molecule has 0 fully saturated rings. The molecular formula is C19H17Cl2N5O5. The summed E-state index contributed by atoms with van der Waals surface area (Å²) in [6.45, 7) is 2.19. The largest absolute Gasteiger partial charge is 0.487 e. The van der Waals surface area contributed by atoms with Crippen molar-refractivity contribution in [3.05, 3.63) is 86.4 Å². The number of nitrogens with zero attached hydrogens (tertiary/aromatic N) is 5. The third kappa shape index (κ3) is 5.62. The SMILES string of the molecule is C[C@@H]1Oc2ccccc2/C(=N/OCc2ccc(Cl)cc2Cl)[C@H]1n1cncn1.O=[N+]([O-])O. The van der Waals surface area contributed by atoms with Crippen LogP contribution in [-0.2, 0) is 11.4 Å². The van der Waals surface area contributed by atoms with Crippen molar-refractivity contribution < 1.29 is 19.9 Å². The van der Waals surface area contributed by atoms with E-state index in [2.05, 4.69) is 15.2 Å². The molecule has 4 rings (SSSR count). The predicted molar refractivity (Wildman–Crippen MR) is 112 cm³/mol. The molecule has 1 aliphatic rings. The van der Waals surface area contributed by atoms with E-state index in [1.807, 2.05) is 37.3 Å². The molecule has 0 bridgehead atoms. The Morgan fingerprint density at radius 3 is 2.74 bits per heavy atom. The van der Waals surface area contributed by atoms with Crippen LogP contribution in [0.25, 0.3) is 0 Å². The topological polar surface area (TPSA) is 125 Å². The summed E-state index contributed by atoms with van der Waals surface area (Å²) in [7, 11) is 0. The van der Waals surface area contributed by atoms with Crippen LogP contribution in [0.3, 0.4) is 0 Å². The fourth-order valence-electron chi connectivity index (χ4n) is 3.04. The van der Waals surface area contributed by atoms with Gasteiger partial charge in [-0.25, -0.2) is 9.67 Å². The average Bonchev–Trinajstić information content (AvgIpc) is 3.23. The molecule has 10 nitrogen and oxygen atoms in total. The molecule has 0 spiro atoms. The molecule has 1 aromatic heterocycles. The van der Waals surface area contributed by atoms with Crippen LogP contribution in [-0.4, -0.2) is 36.9 Å². The van der Waals surface area contributed by atoms with Gasteiger partial charge in [0.15, 0.2) is 0 Å². The van der Waals surface area contributed by atoms with E-state index in [-0.39, 0.29) is 18.8 Å². The highest BCUT2D eigenvalue weighted by atomic mass is 35.5. The molecule has 162 valence electrons. The molecule has 12 heteroatoms. The minimum atomic E-state index is -1.50. The summed E-state index contributed by atoms with van der Waals surface area (Å²) in [6.07, 6.45) is 2.94. The maximum atomic E-state index is 8.36. The highest BCUT2D eigenvalue weighted by Crippen LogP contribution is 2.33. The van der Waals surface area contributed by atoms with Crippen LogP contribution in [0.4, 0.5) is 0 Å². The van der Waals surface area contributed by atoms with Crippen molar-refractivity contribution in [2.75, 3.05) is 0 Å². The van der Waals surface area contributed by atoms with Gasteiger partial charge in [-0.15, -0.1) is 10.1 Å². The van der Waals surface area contributed by atoms with Crippen LogP contribution in [0.15, 0.2) is 60.3 Å². The number of halogens is 2. The van der Waals surface area contributed by atoms with Gasteiger partial charge in [0.05, 0.1) is 0 Å². The average molecular weight is 466 g/mol. The van der Waals surface area contributed by atoms with Crippen molar-refractivity contribution in [1.82, 2.24) is 14.8 Å². The summed E-state index contributed by atoms with van der Waals surface area (Å²) in [5.74, 6) is 0.758. The number of rotatable bonds is 4. The number of ether oxygens (including phenoxy) is 1. The lowest BCUT2D eigenvalue weighted by Crippen LogP contribution is -2.38. The van der Waals surface area contributed by atoms with Crippen LogP contribution < -0.4 is 4.74 Å². The second-order valence-electron chi connectivity index (χ2n) is 6.36. The Labute approximate surface area is 186 Å². The number of para-hydroxylation sites is 1. The Morgan fingerprint density at radius 1 is 1.32 bits per heavy atom. The zero-order valence-corrected chi connectivity index (χ0v) is 17.6. The number of fused-ring (bicyclic) bond motifs is 1. The minimum Gasteiger partial charge on any atom is -0.487 e. The lowest BCUT2D eigenvalue weighted by Gasteiger charge is -2.32. The molecule has 0 aliphatic carbocycles. The van der Waals surface area contributed by atoms with Crippen LogP contribution in [0.2, 0.25) is 10.0 Å². The van der Waals surface area contributed by atoms with Gasteiger partial charge in [0.1, 0.15) is 42.9 Å². The first-order valence-electron chi connectivity index (χ1n) is 8.94. The molecule has 3 aromatic rings. The van der Waals surface area contributed by atoms with Crippen molar-refractivity contribution in [3.8, 4) is 5.75 Å². The van der Waals surface area contributed by atoms with Gasteiger partial charge < -0.3 is 14.8 Å². The van der Waals surface area contributed by atoms with Crippen molar-refractivity contribution in [2.24, 2.45) is 5.16 Å². The van der Waals surface area contributed by atoms with Crippen LogP contribution >= 0.6 is 23.2 Å². The number of hydrogen-bond donors (Lipinski definition) is 1. The molecule has 0 radical (unpaired) electrons. The van der Waals surface area contributed by atoms with Gasteiger partial charge >= 0.3 is 0 Å². The molecule has 0 saturated heterocycles. The smallest absolute Gasteiger partial charge is 0.291 e. The molecule has 2 atom stereocenters. The molecule has 1 N–H and O–H groups in total. The van der Waals surface area contributed by atoms with E-state index in [0.29, 0.717) is 10.0 Å². The summed E-state index contributed by atoms with van der Waals surface area (Å²) < 4.78 is 7.75. The van der Waals surface area contributed by atoms with Gasteiger partial charge in [-0.05, 0) is 31.2 Å². The van der Waals surface area contributed by atoms with Gasteiger partial charge in [0.2, 0.25) is 0 Å². The maximum Gasteiger partial charge on any atom is 0.291 e. The van der Waals surface area contributed by atoms with Gasteiger partial charge in [0, 0.05) is 21.2 Å². The van der Waals surface area contributed by atoms with Crippen molar-refractivity contribution in [2.45, 2.75) is 25.7 Å². The second kappa shape index (κ2) is 10.1. The summed E-state index contributed by atoms with van der Waals surface area (Å²) >= 11 is 12.1. The molecule has 2 aromatic carbocycles. The first-order chi connectivity index (χ1) is 14.9. The lowest BCUT2D eigenvalue weighted by molar-refractivity contribution is -0.742. The van der Waals surface area contributed by atoms with E-state index in [1.54, 1.807) is 23.1 Å². The Kier molecular flexibility index (Phi) is 7.27. The van der Waals surface area contributed by atoms with Gasteiger partial charge in [-0.3, -0.25) is 0 Å². The zero-order chi connectivity index (χ0) is 22.4. The van der Waals surface area contributed by atoms with Crippen LogP contribution in [0, 0.1) is 10.1 Å². The summed E-state index contributed by atoms with van der Waals surface area (Å²) in [5.41, 5.74) is 2.38. The molecule has 1 aliphatic heterocycles. The number of oxime groups is 1. The van der Waals surface area contributed by atoms with E-state index >= 15 is 0 Å². The second-order valence-corrected chi connectivity index (χ2v) is 7.21. The van der Waals surface area contributed by atoms with E-state index in [0.717, 1.165) is 22.6 Å². The normalized spacial score (nSPS) is 18.4. The van der Waals surface area contributed by atoms with E-state index in [1.165, 1.54) is 6.33 Å². The molecule has 0 unspecified atom stereocenters. The third-order valence-electron chi connectivity index (χ3n) is 4.32. The summed E-state index contributed by atoms with van der Waals surface area (Å²) in [6, 6.07) is 12.7. The number of aromatic nitrogens is 3. The number of hydrogen-bond acceptors (Lipinski definition) is 7. The van der Waals surface area contributed by atoms with Crippen molar-refractivity contribution in [3.63, 3.8) is 0 Å². The minimum absolute atomic E-state index is 0.192. The van der Waals surface area contributed by atoms with Gasteiger partial charge in [0.25, 0.3) is 5.09 Å². The highest BCUT2D eigenvalue weighted by molar-refractivity contribution is 6.35. The highest BCUT2D eigenvalue weighted by Gasteiger charge is 2.35. The summed E-state index contributed by atoms with van der Waals surface area (Å²) in [4.78, 5) is 18.1. The molecule has 0 amide bonds. The first-order valence-corrected chi connectivity index (χ1v) is 9.69. The number of benzene rings is 2. The molecule has 31 heavy (non-hydrogen) atoms. The monoisotopic (exact) mass is 465 g/mol. The maximum absolute atomic E-state index is 8.36. The van der Waals surface area contributed by atoms with Gasteiger partial charge in [-0.1, -0.05) is 46.6 Å². The van der Waals surface area contributed by atoms with E-state index in [9.17, 15) is 0 Å². The standard InChI is InChI=1S/C19H16Cl2N4O2.HNO3/c1-12-19(25-11-22-10-23-25)18(15-4-2-3-5-17(15)27-12)24-26-9-13-6-7-14(20)8-16(13)21;2-1(3)4/h2-8,10-12,19H,9H2,1H3;(H,2,3,4)/b24-18-;/t12-,19-;/m0./s1. The third-order valence-corrected chi connectivity index (χ3v) is 4.91. The van der Waals surface area contributed by atoms with Crippen LogP contribution in [0.5, 0.6) is 5.75 Å². The Bertz CT molecular complexity index is 1070. The summed E-state index contributed by atoms with van der Waals surface area (Å²) in [5, 5.41) is 23.4. The zero-order valence-electron chi connectivity index (χ0n) is 16.1. The Hall–Kier alpha value is -3.37. The fourth-order valence-corrected chi connectivity index (χ4v) is 3.51. The quantitative estimate of drug-likeness (QED) is 0.452. The molecular weight excluding hydrogens is 449 g/mol. The predicted octanol–water partition coefficient (Wildman–Crippen LogP) is 4.18. The molecule has 2 heterocycles. The fraction of sp³-hybridized carbons (Fsp3) is 0.211. The lowest BCUT2D eigenvalue weighted by atomic mass is 9.95. The first kappa shape index (κ1) is 22.3. The Balaban J connectivity index is 0.000000628. The Morgan fingerprint density at radius 2 is 2.06 bits per heavy atom. The van der Waals surface area contributed by atoms with Crippen LogP contribution in [0.1, 0.15) is 24.1 Å². The van der Waals surface area contributed by atoms with E-state index < -0.39 is 5.09 Å². The molecule has 0 saturated carbocycles. The van der Waals surface area contributed by atoms with E-state index in [4.69, 9.17) is 48.1 Å². The van der Waals surface area contributed by atoms with Crippen molar-refractivity contribution >= 4 is 28.9 Å². The van der Waals surface area contributed by atoms with Crippen molar-refractivity contribution in [1.29, 1.82) is 0 Å². The van der Waals surface area contributed by atoms with Gasteiger partial charge in [-0.2, -0.15) is 5.10 Å².